The molecule has 1 aliphatic rings. The van der Waals surface area contributed by atoms with Crippen LogP contribution in [-0.2, 0) is 14.3 Å². The molecule has 1 aliphatic heterocycles. The summed E-state index contributed by atoms with van der Waals surface area (Å²) in [5.74, 6) is -0.201. The largest absolute Gasteiger partial charge is 0.465 e. The average molecular weight is 301 g/mol. The van der Waals surface area contributed by atoms with Crippen molar-refractivity contribution in [2.75, 3.05) is 18.9 Å². The maximum Gasteiger partial charge on any atom is 0.319 e. The summed E-state index contributed by atoms with van der Waals surface area (Å²) in [4.78, 5) is 24.3. The summed E-state index contributed by atoms with van der Waals surface area (Å²) in [7, 11) is 0. The Kier molecular flexibility index (Phi) is 6.86. The van der Waals surface area contributed by atoms with Crippen LogP contribution in [0.3, 0.4) is 0 Å². The molecule has 0 aliphatic carbocycles. The zero-order valence-electron chi connectivity index (χ0n) is 13.0. The molecule has 2 atom stereocenters. The Morgan fingerprint density at radius 1 is 1.35 bits per heavy atom. The van der Waals surface area contributed by atoms with E-state index in [2.05, 4.69) is 5.32 Å². The lowest BCUT2D eigenvalue weighted by Crippen LogP contribution is -2.45. The number of hydrogen-bond acceptors (Lipinski definition) is 4. The van der Waals surface area contributed by atoms with Gasteiger partial charge in [0.05, 0.1) is 6.61 Å². The zero-order chi connectivity index (χ0) is 15.2. The third-order valence-corrected chi connectivity index (χ3v) is 4.83. The molecule has 0 aromatic carbocycles. The standard InChI is InChI=1S/C15H27NO3S/c1-5-19-14(18)12(15(2,3)4)13(17)16-10-11-8-6-7-9-20-11/h11-12H,5-10H2,1-4H3,(H,16,17). The first-order valence-electron chi connectivity index (χ1n) is 7.42. The number of carbonyl (C=O) groups excluding carboxylic acids is 2. The van der Waals surface area contributed by atoms with Crippen molar-refractivity contribution in [3.05, 3.63) is 0 Å². The van der Waals surface area contributed by atoms with Crippen molar-refractivity contribution in [1.82, 2.24) is 5.32 Å². The summed E-state index contributed by atoms with van der Waals surface area (Å²) in [5, 5.41) is 3.42. The van der Waals surface area contributed by atoms with Crippen LogP contribution >= 0.6 is 11.8 Å². The third kappa shape index (κ3) is 5.35. The number of esters is 1. The highest BCUT2D eigenvalue weighted by Crippen LogP contribution is 2.28. The predicted octanol–water partition coefficient (Wildman–Crippen LogP) is 2.61. The van der Waals surface area contributed by atoms with Gasteiger partial charge in [0.1, 0.15) is 5.92 Å². The van der Waals surface area contributed by atoms with Crippen LogP contribution in [0.1, 0.15) is 47.0 Å². The van der Waals surface area contributed by atoms with Gasteiger partial charge < -0.3 is 10.1 Å². The Bertz CT molecular complexity index is 333. The number of thioether (sulfide) groups is 1. The molecule has 116 valence electrons. The molecule has 1 amide bonds. The van der Waals surface area contributed by atoms with E-state index in [1.807, 2.05) is 32.5 Å². The lowest BCUT2D eigenvalue weighted by molar-refractivity contribution is -0.156. The Labute approximate surface area is 126 Å². The summed E-state index contributed by atoms with van der Waals surface area (Å²) in [6.45, 7) is 8.39. The molecule has 1 saturated heterocycles. The van der Waals surface area contributed by atoms with Crippen LogP contribution in [0.15, 0.2) is 0 Å². The van der Waals surface area contributed by atoms with E-state index in [0.717, 1.165) is 6.42 Å². The number of amides is 1. The zero-order valence-corrected chi connectivity index (χ0v) is 13.8. The van der Waals surface area contributed by atoms with Gasteiger partial charge in [-0.1, -0.05) is 27.2 Å². The normalized spacial score (nSPS) is 21.1. The van der Waals surface area contributed by atoms with E-state index in [4.69, 9.17) is 4.74 Å². The molecular weight excluding hydrogens is 274 g/mol. The van der Waals surface area contributed by atoms with Crippen molar-refractivity contribution in [2.24, 2.45) is 11.3 Å². The second-order valence-electron chi connectivity index (χ2n) is 6.28. The molecule has 5 heteroatoms. The van der Waals surface area contributed by atoms with E-state index in [1.54, 1.807) is 6.92 Å². The minimum atomic E-state index is -0.740. The first kappa shape index (κ1) is 17.3. The highest BCUT2D eigenvalue weighted by Gasteiger charge is 2.38. The number of carbonyl (C=O) groups is 2. The van der Waals surface area contributed by atoms with Gasteiger partial charge in [0.2, 0.25) is 5.91 Å². The molecule has 1 fully saturated rings. The summed E-state index contributed by atoms with van der Waals surface area (Å²) in [6.07, 6.45) is 3.64. The third-order valence-electron chi connectivity index (χ3n) is 3.43. The number of nitrogens with one attached hydrogen (secondary N) is 1. The fraction of sp³-hybridized carbons (Fsp3) is 0.867. The lowest BCUT2D eigenvalue weighted by Gasteiger charge is -2.29. The molecule has 0 radical (unpaired) electrons. The predicted molar refractivity (Wildman–Crippen MR) is 82.7 cm³/mol. The summed E-state index contributed by atoms with van der Waals surface area (Å²) in [6, 6.07) is 0. The number of hydrogen-bond donors (Lipinski definition) is 1. The highest BCUT2D eigenvalue weighted by molar-refractivity contribution is 7.99. The van der Waals surface area contributed by atoms with Gasteiger partial charge in [-0.3, -0.25) is 9.59 Å². The topological polar surface area (TPSA) is 55.4 Å². The van der Waals surface area contributed by atoms with Gasteiger partial charge in [0.15, 0.2) is 0 Å². The van der Waals surface area contributed by atoms with Gasteiger partial charge in [-0.05, 0) is 30.9 Å². The van der Waals surface area contributed by atoms with Gasteiger partial charge in [-0.25, -0.2) is 0 Å². The van der Waals surface area contributed by atoms with Crippen LogP contribution in [0.4, 0.5) is 0 Å². The van der Waals surface area contributed by atoms with Crippen LogP contribution in [0.25, 0.3) is 0 Å². The average Bonchev–Trinajstić information content (AvgIpc) is 2.36. The van der Waals surface area contributed by atoms with Crippen molar-refractivity contribution in [3.8, 4) is 0 Å². The summed E-state index contributed by atoms with van der Waals surface area (Å²) < 4.78 is 5.04. The first-order valence-corrected chi connectivity index (χ1v) is 8.47. The van der Waals surface area contributed by atoms with E-state index >= 15 is 0 Å². The van der Waals surface area contributed by atoms with Crippen molar-refractivity contribution in [2.45, 2.75) is 52.2 Å². The van der Waals surface area contributed by atoms with E-state index in [1.165, 1.54) is 18.6 Å². The van der Waals surface area contributed by atoms with E-state index in [0.29, 0.717) is 18.4 Å². The maximum absolute atomic E-state index is 12.3. The molecule has 0 spiro atoms. The first-order chi connectivity index (χ1) is 9.36. The Hall–Kier alpha value is -0.710. The van der Waals surface area contributed by atoms with Gasteiger partial charge >= 0.3 is 5.97 Å². The number of ether oxygens (including phenoxy) is 1. The smallest absolute Gasteiger partial charge is 0.319 e. The van der Waals surface area contributed by atoms with E-state index in [-0.39, 0.29) is 5.91 Å². The summed E-state index contributed by atoms with van der Waals surface area (Å²) in [5.41, 5.74) is -0.434. The molecule has 0 bridgehead atoms. The monoisotopic (exact) mass is 301 g/mol. The van der Waals surface area contributed by atoms with Crippen LogP contribution < -0.4 is 5.32 Å². The van der Waals surface area contributed by atoms with Gasteiger partial charge in [0.25, 0.3) is 0 Å². The molecule has 1 N–H and O–H groups in total. The van der Waals surface area contributed by atoms with Crippen LogP contribution in [0.5, 0.6) is 0 Å². The van der Waals surface area contributed by atoms with Crippen LogP contribution in [0.2, 0.25) is 0 Å². The molecular formula is C15H27NO3S. The van der Waals surface area contributed by atoms with Crippen LogP contribution in [-0.4, -0.2) is 36.0 Å². The highest BCUT2D eigenvalue weighted by atomic mass is 32.2. The van der Waals surface area contributed by atoms with Gasteiger partial charge in [0, 0.05) is 11.8 Å². The molecule has 2 unspecified atom stereocenters. The lowest BCUT2D eigenvalue weighted by atomic mass is 9.80. The SMILES string of the molecule is CCOC(=O)C(C(=O)NCC1CCCCS1)C(C)(C)C. The van der Waals surface area contributed by atoms with Crippen molar-refractivity contribution in [1.29, 1.82) is 0 Å². The summed E-state index contributed by atoms with van der Waals surface area (Å²) >= 11 is 1.91. The molecule has 1 rings (SSSR count). The molecule has 0 aromatic heterocycles. The minimum Gasteiger partial charge on any atom is -0.465 e. The fourth-order valence-corrected chi connectivity index (χ4v) is 3.60. The van der Waals surface area contributed by atoms with Crippen LogP contribution in [0, 0.1) is 11.3 Å². The van der Waals surface area contributed by atoms with Gasteiger partial charge in [-0.15, -0.1) is 0 Å². The second-order valence-corrected chi connectivity index (χ2v) is 7.69. The molecule has 20 heavy (non-hydrogen) atoms. The van der Waals surface area contributed by atoms with Crippen molar-refractivity contribution in [3.63, 3.8) is 0 Å². The Morgan fingerprint density at radius 2 is 2.05 bits per heavy atom. The second kappa shape index (κ2) is 7.91. The van der Waals surface area contributed by atoms with Gasteiger partial charge in [-0.2, -0.15) is 11.8 Å². The van der Waals surface area contributed by atoms with Crippen molar-refractivity contribution < 1.29 is 14.3 Å². The molecule has 1 heterocycles. The molecule has 0 aromatic rings. The van der Waals surface area contributed by atoms with Crippen molar-refractivity contribution >= 4 is 23.6 Å². The Balaban J connectivity index is 2.56. The number of rotatable bonds is 5. The van der Waals surface area contributed by atoms with E-state index < -0.39 is 17.3 Å². The fourth-order valence-electron chi connectivity index (χ4n) is 2.36. The molecule has 0 saturated carbocycles. The maximum atomic E-state index is 12.3. The molecule has 4 nitrogen and oxygen atoms in total. The van der Waals surface area contributed by atoms with E-state index in [9.17, 15) is 9.59 Å². The Morgan fingerprint density at radius 3 is 2.55 bits per heavy atom. The minimum absolute atomic E-state index is 0.206. The quantitative estimate of drug-likeness (QED) is 0.626.